The third kappa shape index (κ3) is 1.57. The lowest BCUT2D eigenvalue weighted by atomic mass is 9.73. The minimum absolute atomic E-state index is 0.0299. The molecule has 90 valence electrons. The fraction of sp³-hybridized carbons (Fsp3) is 0.333. The molecule has 0 atom stereocenters. The lowest BCUT2D eigenvalue weighted by Gasteiger charge is -2.29. The summed E-state index contributed by atoms with van der Waals surface area (Å²) in [7, 11) is 0. The molecular weight excluding hydrogens is 242 g/mol. The highest BCUT2D eigenvalue weighted by atomic mass is 32.1. The maximum absolute atomic E-state index is 12.3. The highest BCUT2D eigenvalue weighted by Gasteiger charge is 2.36. The molecule has 0 bridgehead atoms. The third-order valence-electron chi connectivity index (χ3n) is 3.50. The molecular formula is C15H13NOS. The molecule has 18 heavy (non-hydrogen) atoms. The molecule has 2 aliphatic rings. The van der Waals surface area contributed by atoms with Crippen LogP contribution in [0.5, 0.6) is 0 Å². The van der Waals surface area contributed by atoms with Gasteiger partial charge in [0.1, 0.15) is 10.9 Å². The molecule has 1 aromatic heterocycles. The quantitative estimate of drug-likeness (QED) is 0.767. The Bertz CT molecular complexity index is 653. The van der Waals surface area contributed by atoms with E-state index < -0.39 is 0 Å². The van der Waals surface area contributed by atoms with Crippen molar-refractivity contribution in [3.05, 3.63) is 39.1 Å². The first kappa shape index (κ1) is 11.4. The predicted molar refractivity (Wildman–Crippen MR) is 72.6 cm³/mol. The lowest BCUT2D eigenvalue weighted by Crippen LogP contribution is -2.27. The number of hydrogen-bond acceptors (Lipinski definition) is 3. The van der Waals surface area contributed by atoms with Gasteiger partial charge in [0, 0.05) is 16.9 Å². The number of thiophene rings is 1. The topological polar surface area (TPSA) is 40.9 Å². The minimum Gasteiger partial charge on any atom is -0.294 e. The van der Waals surface area contributed by atoms with Crippen molar-refractivity contribution in [2.75, 3.05) is 0 Å². The number of ketones is 1. The van der Waals surface area contributed by atoms with Gasteiger partial charge in [0.2, 0.25) is 0 Å². The van der Waals surface area contributed by atoms with Crippen LogP contribution in [0.25, 0.3) is 5.57 Å². The van der Waals surface area contributed by atoms with E-state index in [1.54, 1.807) is 0 Å². The van der Waals surface area contributed by atoms with E-state index in [0.717, 1.165) is 28.0 Å². The van der Waals surface area contributed by atoms with Gasteiger partial charge in [-0.3, -0.25) is 4.79 Å². The van der Waals surface area contributed by atoms with Crippen LogP contribution in [0.15, 0.2) is 18.2 Å². The number of fused-ring (bicyclic) bond motifs is 1. The van der Waals surface area contributed by atoms with Crippen LogP contribution in [0.4, 0.5) is 0 Å². The molecule has 0 N–H and O–H groups in total. The molecule has 1 aromatic rings. The van der Waals surface area contributed by atoms with Crippen LogP contribution >= 0.6 is 11.3 Å². The van der Waals surface area contributed by atoms with Crippen molar-refractivity contribution in [3.8, 4) is 6.07 Å². The molecule has 2 nitrogen and oxygen atoms in total. The summed E-state index contributed by atoms with van der Waals surface area (Å²) in [5.74, 6) is 0.190. The number of carbonyl (C=O) groups excluding carboxylic acids is 1. The van der Waals surface area contributed by atoms with E-state index in [1.807, 2.05) is 18.2 Å². The van der Waals surface area contributed by atoms with Gasteiger partial charge in [0.15, 0.2) is 5.78 Å². The average Bonchev–Trinajstić information content (AvgIpc) is 2.52. The Hall–Kier alpha value is -1.66. The minimum atomic E-state index is -0.0299. The number of rotatable bonds is 1. The third-order valence-corrected chi connectivity index (χ3v) is 4.68. The van der Waals surface area contributed by atoms with Crippen LogP contribution in [-0.2, 0) is 6.42 Å². The largest absolute Gasteiger partial charge is 0.294 e. The molecule has 0 unspecified atom stereocenters. The Kier molecular flexibility index (Phi) is 2.33. The summed E-state index contributed by atoms with van der Waals surface area (Å²) in [5.41, 5.74) is 2.84. The standard InChI is InChI=1S/C15H13NOS/c1-15(2)6-10-12(8-16)18-14(9-4-3-5-9)13(10)11(17)7-15/h3-5H,6-7H2,1-2H3. The summed E-state index contributed by atoms with van der Waals surface area (Å²) in [6.45, 7) is 4.18. The van der Waals surface area contributed by atoms with Crippen molar-refractivity contribution < 1.29 is 4.79 Å². The zero-order valence-corrected chi connectivity index (χ0v) is 11.2. The van der Waals surface area contributed by atoms with Gasteiger partial charge in [0.25, 0.3) is 0 Å². The van der Waals surface area contributed by atoms with Gasteiger partial charge in [-0.15, -0.1) is 11.3 Å². The number of hydrogen-bond donors (Lipinski definition) is 0. The van der Waals surface area contributed by atoms with Crippen LogP contribution < -0.4 is 0 Å². The zero-order chi connectivity index (χ0) is 12.9. The first-order valence-electron chi connectivity index (χ1n) is 5.99. The molecule has 0 fully saturated rings. The number of allylic oxidation sites excluding steroid dienone is 4. The first-order valence-corrected chi connectivity index (χ1v) is 6.81. The fourth-order valence-corrected chi connectivity index (χ4v) is 3.77. The first-order chi connectivity index (χ1) is 8.52. The van der Waals surface area contributed by atoms with E-state index in [2.05, 4.69) is 19.9 Å². The van der Waals surface area contributed by atoms with Gasteiger partial charge in [-0.1, -0.05) is 32.1 Å². The van der Waals surface area contributed by atoms with E-state index in [9.17, 15) is 10.1 Å². The SMILES string of the molecule is CC1(C)CC(=O)c2c(C3=CC=C3)sc(C#N)c2C1. The molecule has 0 saturated carbocycles. The predicted octanol–water partition coefficient (Wildman–Crippen LogP) is 3.73. The van der Waals surface area contributed by atoms with Gasteiger partial charge in [-0.25, -0.2) is 0 Å². The van der Waals surface area contributed by atoms with Crippen molar-refractivity contribution in [3.63, 3.8) is 0 Å². The van der Waals surface area contributed by atoms with Crippen molar-refractivity contribution in [2.24, 2.45) is 5.41 Å². The highest BCUT2D eigenvalue weighted by molar-refractivity contribution is 7.14. The monoisotopic (exact) mass is 255 g/mol. The van der Waals surface area contributed by atoms with Crippen LogP contribution in [0, 0.1) is 16.7 Å². The van der Waals surface area contributed by atoms with Gasteiger partial charge in [-0.2, -0.15) is 5.26 Å². The van der Waals surface area contributed by atoms with Gasteiger partial charge in [-0.05, 0) is 23.0 Å². The van der Waals surface area contributed by atoms with Crippen molar-refractivity contribution in [1.82, 2.24) is 0 Å². The molecule has 0 radical (unpaired) electrons. The maximum Gasteiger partial charge on any atom is 0.165 e. The summed E-state index contributed by atoms with van der Waals surface area (Å²) in [6, 6.07) is 2.25. The molecule has 2 aliphatic carbocycles. The molecule has 0 aromatic carbocycles. The number of Topliss-reactive ketones (excluding diaryl/α,β-unsaturated/α-hetero) is 1. The number of carbonyl (C=O) groups is 1. The Morgan fingerprint density at radius 3 is 2.67 bits per heavy atom. The maximum atomic E-state index is 12.3. The summed E-state index contributed by atoms with van der Waals surface area (Å²) in [5, 5.41) is 9.25. The molecule has 3 rings (SSSR count). The van der Waals surface area contributed by atoms with Crippen LogP contribution in [0.1, 0.15) is 45.9 Å². The fourth-order valence-electron chi connectivity index (χ4n) is 2.63. The molecule has 0 spiro atoms. The Labute approximate surface area is 110 Å². The molecule has 1 heterocycles. The molecule has 0 aliphatic heterocycles. The molecule has 0 amide bonds. The van der Waals surface area contributed by atoms with Gasteiger partial charge in [0.05, 0.1) is 0 Å². The van der Waals surface area contributed by atoms with E-state index in [4.69, 9.17) is 0 Å². The van der Waals surface area contributed by atoms with E-state index in [1.165, 1.54) is 11.3 Å². The number of nitrogens with zero attached hydrogens (tertiary/aromatic N) is 1. The number of nitriles is 1. The second-order valence-corrected chi connectivity index (χ2v) is 6.67. The van der Waals surface area contributed by atoms with Gasteiger partial charge < -0.3 is 0 Å². The molecule has 0 saturated heterocycles. The van der Waals surface area contributed by atoms with Crippen molar-refractivity contribution in [2.45, 2.75) is 26.7 Å². The summed E-state index contributed by atoms with van der Waals surface area (Å²) >= 11 is 1.46. The smallest absolute Gasteiger partial charge is 0.165 e. The second kappa shape index (κ2) is 3.66. The Balaban J connectivity index is 2.20. The Morgan fingerprint density at radius 2 is 2.11 bits per heavy atom. The van der Waals surface area contributed by atoms with Crippen LogP contribution in [-0.4, -0.2) is 5.78 Å². The second-order valence-electron chi connectivity index (χ2n) is 5.65. The average molecular weight is 255 g/mol. The molecule has 3 heteroatoms. The van der Waals surface area contributed by atoms with Gasteiger partial charge >= 0.3 is 0 Å². The van der Waals surface area contributed by atoms with Crippen LogP contribution in [0.2, 0.25) is 0 Å². The summed E-state index contributed by atoms with van der Waals surface area (Å²) < 4.78 is 0. The van der Waals surface area contributed by atoms with E-state index in [-0.39, 0.29) is 11.2 Å². The summed E-state index contributed by atoms with van der Waals surface area (Å²) in [6.07, 6.45) is 7.36. The highest BCUT2D eigenvalue weighted by Crippen LogP contribution is 2.44. The van der Waals surface area contributed by atoms with Crippen molar-refractivity contribution in [1.29, 1.82) is 5.26 Å². The lowest BCUT2D eigenvalue weighted by molar-refractivity contribution is 0.0913. The van der Waals surface area contributed by atoms with Crippen molar-refractivity contribution >= 4 is 22.7 Å². The normalized spacial score (nSPS) is 19.8. The summed E-state index contributed by atoms with van der Waals surface area (Å²) in [4.78, 5) is 14.0. The van der Waals surface area contributed by atoms with E-state index >= 15 is 0 Å². The zero-order valence-electron chi connectivity index (χ0n) is 10.4. The Morgan fingerprint density at radius 1 is 1.39 bits per heavy atom. The van der Waals surface area contributed by atoms with Crippen LogP contribution in [0.3, 0.4) is 0 Å². The van der Waals surface area contributed by atoms with E-state index in [0.29, 0.717) is 11.3 Å².